The van der Waals surface area contributed by atoms with Crippen molar-refractivity contribution in [3.63, 3.8) is 0 Å². The predicted molar refractivity (Wildman–Crippen MR) is 184 cm³/mol. The highest BCUT2D eigenvalue weighted by Gasteiger charge is 2.27. The molecule has 230 valence electrons. The molecular formula is C38H54O2S2. The molecule has 4 heteroatoms. The Labute approximate surface area is 265 Å². The summed E-state index contributed by atoms with van der Waals surface area (Å²) in [6, 6.07) is 4.39. The lowest BCUT2D eigenvalue weighted by Gasteiger charge is -2.30. The number of ketones is 1. The highest BCUT2D eigenvalue weighted by atomic mass is 32.2. The molecule has 0 fully saturated rings. The van der Waals surface area contributed by atoms with Crippen LogP contribution in [0.25, 0.3) is 6.08 Å². The monoisotopic (exact) mass is 606 g/mol. The Morgan fingerprint density at radius 3 is 1.69 bits per heavy atom. The van der Waals surface area contributed by atoms with E-state index in [2.05, 4.69) is 93.5 Å². The summed E-state index contributed by atoms with van der Waals surface area (Å²) in [6.07, 6.45) is 16.8. The van der Waals surface area contributed by atoms with Gasteiger partial charge in [0.25, 0.3) is 0 Å². The molecule has 1 aliphatic heterocycles. The normalized spacial score (nSPS) is 17.3. The van der Waals surface area contributed by atoms with E-state index in [4.69, 9.17) is 0 Å². The minimum Gasteiger partial charge on any atom is -0.871 e. The molecule has 1 aliphatic carbocycles. The Balaban J connectivity index is 1.91. The van der Waals surface area contributed by atoms with Crippen molar-refractivity contribution >= 4 is 35.0 Å². The molecule has 0 saturated carbocycles. The molecule has 0 spiro atoms. The molecule has 1 aromatic heterocycles. The summed E-state index contributed by atoms with van der Waals surface area (Å²) < 4.78 is 0. The maximum absolute atomic E-state index is 13.3. The summed E-state index contributed by atoms with van der Waals surface area (Å²) in [5.41, 5.74) is 2.92. The van der Waals surface area contributed by atoms with E-state index in [0.29, 0.717) is 23.0 Å². The number of hydrogen-bond donors (Lipinski definition) is 0. The van der Waals surface area contributed by atoms with Crippen molar-refractivity contribution in [3.05, 3.63) is 78.0 Å². The standard InChI is InChI=1S/C38H54O2S2/c1-25(2)13-11-15-29-17-27(18-30(41-29)16-12-14-26(3)4)21-33-35(39)34(36(33)40)22-28-19-31(23-37(5,6)7)42-32(20-28)24-38(8,9)10/h17-22,25-26H,11-16,23-24H2,1-10H3. The van der Waals surface area contributed by atoms with E-state index in [1.165, 1.54) is 32.4 Å². The fourth-order valence-electron chi connectivity index (χ4n) is 5.31. The van der Waals surface area contributed by atoms with Gasteiger partial charge in [-0.3, -0.25) is 4.79 Å². The van der Waals surface area contributed by atoms with Crippen LogP contribution in [-0.4, -0.2) is 5.78 Å². The van der Waals surface area contributed by atoms with Crippen molar-refractivity contribution in [3.8, 4) is 0 Å². The number of thioether (sulfide) groups is 1. The van der Waals surface area contributed by atoms with Crippen LogP contribution in [0.4, 0.5) is 0 Å². The maximum atomic E-state index is 13.3. The highest BCUT2D eigenvalue weighted by Crippen LogP contribution is 2.44. The minimum absolute atomic E-state index is 0.127. The first kappa shape index (κ1) is 34.6. The van der Waals surface area contributed by atoms with Crippen molar-refractivity contribution in [2.45, 2.75) is 121 Å². The van der Waals surface area contributed by atoms with Crippen LogP contribution in [0.5, 0.6) is 0 Å². The molecule has 0 bridgehead atoms. The third-order valence-electron chi connectivity index (χ3n) is 7.25. The summed E-state index contributed by atoms with van der Waals surface area (Å²) in [6.45, 7) is 22.6. The van der Waals surface area contributed by atoms with Gasteiger partial charge < -0.3 is 5.11 Å². The van der Waals surface area contributed by atoms with Crippen LogP contribution in [-0.2, 0) is 17.6 Å². The van der Waals surface area contributed by atoms with Gasteiger partial charge in [-0.2, -0.15) is 0 Å². The van der Waals surface area contributed by atoms with Crippen LogP contribution in [0.2, 0.25) is 0 Å². The van der Waals surface area contributed by atoms with E-state index in [0.717, 1.165) is 49.7 Å². The highest BCUT2D eigenvalue weighted by molar-refractivity contribution is 8.06. The molecule has 0 atom stereocenters. The van der Waals surface area contributed by atoms with Crippen molar-refractivity contribution in [1.82, 2.24) is 0 Å². The largest absolute Gasteiger partial charge is 0.871 e. The Hall–Kier alpha value is -1.91. The van der Waals surface area contributed by atoms with Gasteiger partial charge >= 0.3 is 0 Å². The van der Waals surface area contributed by atoms with Gasteiger partial charge in [0.15, 0.2) is 5.78 Å². The predicted octanol–water partition coefficient (Wildman–Crippen LogP) is 10.9. The van der Waals surface area contributed by atoms with E-state index in [9.17, 15) is 9.90 Å². The number of Topliss-reactive ketones (excluding diaryl/α,β-unsaturated/α-hetero) is 1. The van der Waals surface area contributed by atoms with Crippen LogP contribution >= 0.6 is 23.1 Å². The van der Waals surface area contributed by atoms with E-state index >= 15 is 0 Å². The average Bonchev–Trinajstić information content (AvgIpc) is 2.83. The molecule has 0 saturated heterocycles. The zero-order valence-electron chi connectivity index (χ0n) is 27.9. The second-order valence-electron chi connectivity index (χ2n) is 15.5. The number of carbonyl (C=O) groups is 1. The lowest BCUT2D eigenvalue weighted by molar-refractivity contribution is -0.300. The summed E-state index contributed by atoms with van der Waals surface area (Å²) >= 11 is 3.75. The molecular weight excluding hydrogens is 553 g/mol. The molecule has 1 aromatic rings. The second kappa shape index (κ2) is 14.7. The van der Waals surface area contributed by atoms with E-state index in [1.54, 1.807) is 0 Å². The Morgan fingerprint density at radius 1 is 0.810 bits per heavy atom. The van der Waals surface area contributed by atoms with Crippen LogP contribution in [0.1, 0.15) is 123 Å². The van der Waals surface area contributed by atoms with Crippen LogP contribution in [0, 0.1) is 22.7 Å². The quantitative estimate of drug-likeness (QED) is 0.175. The Bertz CT molecular complexity index is 1220. The van der Waals surface area contributed by atoms with Crippen molar-refractivity contribution in [2.75, 3.05) is 0 Å². The number of allylic oxidation sites excluding steroid dienone is 8. The van der Waals surface area contributed by atoms with Gasteiger partial charge in [-0.05, 0) is 93.6 Å². The van der Waals surface area contributed by atoms with Crippen molar-refractivity contribution in [1.29, 1.82) is 0 Å². The third kappa shape index (κ3) is 11.3. The van der Waals surface area contributed by atoms with Gasteiger partial charge in [-0.15, -0.1) is 0 Å². The number of carbonyl (C=O) groups excluding carboxylic acids is 1. The lowest BCUT2D eigenvalue weighted by atomic mass is 9.85. The van der Waals surface area contributed by atoms with Gasteiger partial charge in [0, 0.05) is 36.1 Å². The molecule has 0 amide bonds. The fraction of sp³-hybridized carbons (Fsp3) is 0.579. The average molecular weight is 607 g/mol. The molecule has 2 heterocycles. The number of hydrogen-bond acceptors (Lipinski definition) is 3. The van der Waals surface area contributed by atoms with Gasteiger partial charge in [-0.1, -0.05) is 99.6 Å². The molecule has 3 rings (SSSR count). The molecule has 2 aliphatic rings. The second-order valence-corrected chi connectivity index (χ2v) is 18.0. The van der Waals surface area contributed by atoms with Crippen molar-refractivity contribution < 1.29 is 9.90 Å². The fourth-order valence-corrected chi connectivity index (χ4v) is 8.27. The first-order valence-corrected chi connectivity index (χ1v) is 17.6. The summed E-state index contributed by atoms with van der Waals surface area (Å²) in [5.74, 6) is 1.14. The maximum Gasteiger partial charge on any atom is 0.218 e. The number of rotatable bonds is 12. The smallest absolute Gasteiger partial charge is 0.218 e. The van der Waals surface area contributed by atoms with Gasteiger partial charge in [0.1, 0.15) is 0 Å². The summed E-state index contributed by atoms with van der Waals surface area (Å²) in [7, 11) is 0. The molecule has 0 N–H and O–H groups in total. The molecule has 0 unspecified atom stereocenters. The van der Waals surface area contributed by atoms with Gasteiger partial charge in [0.2, 0.25) is 21.1 Å². The summed E-state index contributed by atoms with van der Waals surface area (Å²) in [4.78, 5) is 18.6. The Morgan fingerprint density at radius 2 is 1.29 bits per heavy atom. The van der Waals surface area contributed by atoms with Crippen LogP contribution < -0.4 is 5.11 Å². The Kier molecular flexibility index (Phi) is 12.1. The molecule has 42 heavy (non-hydrogen) atoms. The van der Waals surface area contributed by atoms with Gasteiger partial charge in [0.05, 0.1) is 0 Å². The topological polar surface area (TPSA) is 40.1 Å². The van der Waals surface area contributed by atoms with Crippen molar-refractivity contribution in [2.24, 2.45) is 22.7 Å². The third-order valence-corrected chi connectivity index (χ3v) is 9.47. The zero-order chi connectivity index (χ0) is 31.2. The summed E-state index contributed by atoms with van der Waals surface area (Å²) in [5, 5.41) is 13.3. The molecule has 2 nitrogen and oxygen atoms in total. The first-order chi connectivity index (χ1) is 19.5. The van der Waals surface area contributed by atoms with E-state index < -0.39 is 0 Å². The SMILES string of the molecule is CC(C)CCCc1cc(C=C2C(=O)C(C=C3C=C(CC(C)(C)C)SC(CC(C)(C)C)=C3)=C2[O-])cc(CCCC(C)C)[s+]1. The van der Waals surface area contributed by atoms with Crippen LogP contribution in [0.15, 0.2) is 62.6 Å². The van der Waals surface area contributed by atoms with Gasteiger partial charge in [-0.25, -0.2) is 0 Å². The molecule has 0 aromatic carbocycles. The first-order valence-electron chi connectivity index (χ1n) is 15.9. The lowest BCUT2D eigenvalue weighted by Crippen LogP contribution is -2.29. The zero-order valence-corrected chi connectivity index (χ0v) is 29.5. The number of aryl methyl sites for hydroxylation is 2. The van der Waals surface area contributed by atoms with E-state index in [-0.39, 0.29) is 22.4 Å². The van der Waals surface area contributed by atoms with E-state index in [1.807, 2.05) is 35.3 Å². The van der Waals surface area contributed by atoms with Crippen LogP contribution in [0.3, 0.4) is 0 Å². The minimum atomic E-state index is -0.127. The molecule has 0 radical (unpaired) electrons.